The van der Waals surface area contributed by atoms with E-state index >= 15 is 0 Å². The minimum absolute atomic E-state index is 0. The molecule has 0 amide bonds. The zero-order chi connectivity index (χ0) is 8.70. The highest BCUT2D eigenvalue weighted by molar-refractivity contribution is 5.85. The van der Waals surface area contributed by atoms with Gasteiger partial charge in [0.1, 0.15) is 0 Å². The van der Waals surface area contributed by atoms with Crippen molar-refractivity contribution in [1.82, 2.24) is 5.06 Å². The van der Waals surface area contributed by atoms with Crippen molar-refractivity contribution in [2.75, 3.05) is 13.2 Å². The number of hydroxylamine groups is 2. The van der Waals surface area contributed by atoms with Crippen LogP contribution in [0.25, 0.3) is 0 Å². The molecule has 1 rings (SSSR count). The predicted octanol–water partition coefficient (Wildman–Crippen LogP) is 1.69. The molecule has 0 unspecified atom stereocenters. The fourth-order valence-corrected chi connectivity index (χ4v) is 1.49. The van der Waals surface area contributed by atoms with Crippen LogP contribution in [0.4, 0.5) is 0 Å². The van der Waals surface area contributed by atoms with E-state index in [1.54, 1.807) is 0 Å². The van der Waals surface area contributed by atoms with Gasteiger partial charge < -0.3 is 9.94 Å². The van der Waals surface area contributed by atoms with E-state index in [0.717, 1.165) is 0 Å². The van der Waals surface area contributed by atoms with Crippen LogP contribution in [0, 0.1) is 0 Å². The Balaban J connectivity index is 0.00000121. The van der Waals surface area contributed by atoms with Gasteiger partial charge in [0.15, 0.2) is 0 Å². The molecule has 74 valence electrons. The number of rotatable bonds is 0. The van der Waals surface area contributed by atoms with E-state index in [2.05, 4.69) is 0 Å². The Morgan fingerprint density at radius 2 is 1.42 bits per heavy atom. The lowest BCUT2D eigenvalue weighted by Crippen LogP contribution is -2.61. The van der Waals surface area contributed by atoms with Gasteiger partial charge in [-0.1, -0.05) is 0 Å². The average molecular weight is 196 g/mol. The van der Waals surface area contributed by atoms with Gasteiger partial charge in [-0.25, -0.2) is 0 Å². The molecule has 0 atom stereocenters. The van der Waals surface area contributed by atoms with Crippen molar-refractivity contribution in [3.63, 3.8) is 0 Å². The van der Waals surface area contributed by atoms with Crippen LogP contribution >= 0.6 is 12.4 Å². The minimum Gasteiger partial charge on any atom is -0.377 e. The van der Waals surface area contributed by atoms with Crippen LogP contribution in [0.5, 0.6) is 0 Å². The number of hydrogen-bond donors (Lipinski definition) is 1. The van der Waals surface area contributed by atoms with Gasteiger partial charge in [-0.3, -0.25) is 0 Å². The molecule has 1 fully saturated rings. The van der Waals surface area contributed by atoms with E-state index in [1.807, 2.05) is 27.7 Å². The summed E-state index contributed by atoms with van der Waals surface area (Å²) in [7, 11) is 0. The van der Waals surface area contributed by atoms with Gasteiger partial charge >= 0.3 is 0 Å². The summed E-state index contributed by atoms with van der Waals surface area (Å²) in [4.78, 5) is 0. The molecule has 1 aliphatic heterocycles. The summed E-state index contributed by atoms with van der Waals surface area (Å²) in [5.74, 6) is 0. The first kappa shape index (κ1) is 12.2. The molecule has 4 heteroatoms. The van der Waals surface area contributed by atoms with Crippen molar-refractivity contribution in [2.24, 2.45) is 0 Å². The van der Waals surface area contributed by atoms with Crippen LogP contribution in [-0.4, -0.2) is 34.6 Å². The van der Waals surface area contributed by atoms with Crippen molar-refractivity contribution in [1.29, 1.82) is 0 Å². The number of nitrogens with zero attached hydrogens (tertiary/aromatic N) is 1. The van der Waals surface area contributed by atoms with Gasteiger partial charge in [-0.05, 0) is 27.7 Å². The smallest absolute Gasteiger partial charge is 0.0669 e. The highest BCUT2D eigenvalue weighted by Gasteiger charge is 2.41. The maximum absolute atomic E-state index is 9.72. The molecule has 1 heterocycles. The van der Waals surface area contributed by atoms with Crippen LogP contribution in [0.15, 0.2) is 0 Å². The van der Waals surface area contributed by atoms with E-state index in [4.69, 9.17) is 4.74 Å². The quantitative estimate of drug-likeness (QED) is 0.639. The van der Waals surface area contributed by atoms with Gasteiger partial charge in [-0.15, -0.1) is 12.4 Å². The second-order valence-corrected chi connectivity index (χ2v) is 4.43. The molecule has 12 heavy (non-hydrogen) atoms. The maximum Gasteiger partial charge on any atom is 0.0669 e. The van der Waals surface area contributed by atoms with E-state index in [0.29, 0.717) is 13.2 Å². The van der Waals surface area contributed by atoms with Gasteiger partial charge in [-0.2, -0.15) is 5.06 Å². The van der Waals surface area contributed by atoms with Crippen LogP contribution in [0.1, 0.15) is 27.7 Å². The molecule has 1 aliphatic rings. The van der Waals surface area contributed by atoms with Crippen molar-refractivity contribution in [3.8, 4) is 0 Å². The third-order valence-corrected chi connectivity index (χ3v) is 2.06. The van der Waals surface area contributed by atoms with Crippen molar-refractivity contribution >= 4 is 12.4 Å². The molecule has 0 aromatic rings. The molecular formula is C8H18ClNO2. The molecular weight excluding hydrogens is 178 g/mol. The molecule has 0 saturated carbocycles. The Hall–Kier alpha value is 0.170. The lowest BCUT2D eigenvalue weighted by atomic mass is 9.95. The van der Waals surface area contributed by atoms with Crippen LogP contribution < -0.4 is 0 Å². The van der Waals surface area contributed by atoms with Gasteiger partial charge in [0.2, 0.25) is 0 Å². The number of halogens is 1. The summed E-state index contributed by atoms with van der Waals surface area (Å²) < 4.78 is 5.37. The van der Waals surface area contributed by atoms with Crippen molar-refractivity contribution in [2.45, 2.75) is 38.8 Å². The van der Waals surface area contributed by atoms with Gasteiger partial charge in [0.05, 0.1) is 24.3 Å². The Labute approximate surface area is 80.1 Å². The average Bonchev–Trinajstić information content (AvgIpc) is 1.82. The van der Waals surface area contributed by atoms with Gasteiger partial charge in [0, 0.05) is 0 Å². The molecule has 0 radical (unpaired) electrons. The van der Waals surface area contributed by atoms with E-state index in [-0.39, 0.29) is 23.5 Å². The Morgan fingerprint density at radius 1 is 1.08 bits per heavy atom. The SMILES string of the molecule is CC1(C)COCC(C)(C)N1O.Cl. The van der Waals surface area contributed by atoms with Crippen LogP contribution in [0.3, 0.4) is 0 Å². The third kappa shape index (κ3) is 2.10. The summed E-state index contributed by atoms with van der Waals surface area (Å²) in [5, 5.41) is 11.1. The largest absolute Gasteiger partial charge is 0.377 e. The second-order valence-electron chi connectivity index (χ2n) is 4.43. The van der Waals surface area contributed by atoms with E-state index < -0.39 is 0 Å². The topological polar surface area (TPSA) is 32.7 Å². The van der Waals surface area contributed by atoms with Crippen LogP contribution in [0.2, 0.25) is 0 Å². The highest BCUT2D eigenvalue weighted by Crippen LogP contribution is 2.27. The predicted molar refractivity (Wildman–Crippen MR) is 49.9 cm³/mol. The lowest BCUT2D eigenvalue weighted by Gasteiger charge is -2.47. The normalized spacial score (nSPS) is 27.8. The Kier molecular flexibility index (Phi) is 3.55. The number of ether oxygens (including phenoxy) is 1. The molecule has 3 nitrogen and oxygen atoms in total. The molecule has 0 bridgehead atoms. The fraction of sp³-hybridized carbons (Fsp3) is 1.00. The minimum atomic E-state index is -0.262. The van der Waals surface area contributed by atoms with Crippen molar-refractivity contribution in [3.05, 3.63) is 0 Å². The Bertz CT molecular complexity index is 143. The monoisotopic (exact) mass is 195 g/mol. The first-order valence-electron chi connectivity index (χ1n) is 3.93. The fourth-order valence-electron chi connectivity index (χ4n) is 1.49. The molecule has 1 saturated heterocycles. The zero-order valence-corrected chi connectivity index (χ0v) is 8.94. The van der Waals surface area contributed by atoms with Crippen molar-refractivity contribution < 1.29 is 9.94 Å². The molecule has 0 aromatic carbocycles. The number of hydrogen-bond acceptors (Lipinski definition) is 3. The highest BCUT2D eigenvalue weighted by atomic mass is 35.5. The summed E-state index contributed by atoms with van der Waals surface area (Å²) >= 11 is 0. The summed E-state index contributed by atoms with van der Waals surface area (Å²) in [6.07, 6.45) is 0. The number of morpholine rings is 1. The Morgan fingerprint density at radius 3 is 1.67 bits per heavy atom. The zero-order valence-electron chi connectivity index (χ0n) is 8.13. The standard InChI is InChI=1S/C8H17NO2.ClH/c1-7(2)5-11-6-8(3,4)9(7)10;/h10H,5-6H2,1-4H3;1H. The van der Waals surface area contributed by atoms with E-state index in [9.17, 15) is 5.21 Å². The molecule has 0 aromatic heterocycles. The first-order valence-corrected chi connectivity index (χ1v) is 3.93. The van der Waals surface area contributed by atoms with E-state index in [1.165, 1.54) is 5.06 Å². The summed E-state index contributed by atoms with van der Waals surface area (Å²) in [6.45, 7) is 9.05. The first-order chi connectivity index (χ1) is 4.86. The second kappa shape index (κ2) is 3.50. The lowest BCUT2D eigenvalue weighted by molar-refractivity contribution is -0.278. The summed E-state index contributed by atoms with van der Waals surface area (Å²) in [5.41, 5.74) is -0.524. The molecule has 1 N–H and O–H groups in total. The molecule has 0 aliphatic carbocycles. The molecule has 0 spiro atoms. The summed E-state index contributed by atoms with van der Waals surface area (Å²) in [6, 6.07) is 0. The maximum atomic E-state index is 9.72. The van der Waals surface area contributed by atoms with Crippen LogP contribution in [-0.2, 0) is 4.74 Å². The van der Waals surface area contributed by atoms with Gasteiger partial charge in [0.25, 0.3) is 0 Å². The third-order valence-electron chi connectivity index (χ3n) is 2.06.